The lowest BCUT2D eigenvalue weighted by Gasteiger charge is -2.33. The van der Waals surface area contributed by atoms with Crippen molar-refractivity contribution in [2.45, 2.75) is 25.4 Å². The highest BCUT2D eigenvalue weighted by Crippen LogP contribution is 2.26. The van der Waals surface area contributed by atoms with Gasteiger partial charge in [-0.15, -0.1) is 0 Å². The Morgan fingerprint density at radius 1 is 1.53 bits per heavy atom. The first-order valence-corrected chi connectivity index (χ1v) is 4.42. The second-order valence-electron chi connectivity index (χ2n) is 3.36. The van der Waals surface area contributed by atoms with E-state index < -0.39 is 24.4 Å². The number of ether oxygens (including phenoxy) is 1. The van der Waals surface area contributed by atoms with Crippen LogP contribution in [0.5, 0.6) is 0 Å². The van der Waals surface area contributed by atoms with E-state index in [2.05, 4.69) is 0 Å². The molecule has 0 aliphatic carbocycles. The number of carbonyl (C=O) groups excluding carboxylic acids is 1. The zero-order chi connectivity index (χ0) is 11.6. The Balaban J connectivity index is 2.67. The molecule has 1 atom stereocenters. The Bertz CT molecular complexity index is 247. The average Bonchev–Trinajstić information content (AvgIpc) is 2.16. The molecule has 3 nitrogen and oxygen atoms in total. The zero-order valence-corrected chi connectivity index (χ0v) is 8.05. The molecule has 0 aromatic heterocycles. The number of amides is 1. The summed E-state index contributed by atoms with van der Waals surface area (Å²) in [5.74, 6) is -6.43. The molecule has 1 rings (SSSR count). The van der Waals surface area contributed by atoms with E-state index in [1.807, 2.05) is 0 Å². The van der Waals surface area contributed by atoms with Gasteiger partial charge in [-0.1, -0.05) is 0 Å². The van der Waals surface area contributed by atoms with Crippen LogP contribution >= 0.6 is 0 Å². The number of morpholine rings is 1. The highest BCUT2D eigenvalue weighted by molar-refractivity contribution is 5.84. The predicted molar refractivity (Wildman–Crippen MR) is 42.9 cm³/mol. The van der Waals surface area contributed by atoms with Crippen LogP contribution in [0.4, 0.5) is 17.6 Å². The van der Waals surface area contributed by atoms with Gasteiger partial charge in [-0.05, 0) is 6.92 Å². The molecule has 0 spiro atoms. The summed E-state index contributed by atoms with van der Waals surface area (Å²) >= 11 is 0. The summed E-state index contributed by atoms with van der Waals surface area (Å²) in [5.41, 5.74) is 0. The van der Waals surface area contributed by atoms with Gasteiger partial charge >= 0.3 is 12.3 Å². The van der Waals surface area contributed by atoms with Gasteiger partial charge in [-0.2, -0.15) is 8.78 Å². The van der Waals surface area contributed by atoms with Crippen LogP contribution in [0.25, 0.3) is 0 Å². The van der Waals surface area contributed by atoms with Crippen molar-refractivity contribution in [1.82, 2.24) is 4.90 Å². The second-order valence-corrected chi connectivity index (χ2v) is 3.36. The highest BCUT2D eigenvalue weighted by atomic mass is 19.3. The minimum absolute atomic E-state index is 0.0779. The van der Waals surface area contributed by atoms with Gasteiger partial charge in [-0.25, -0.2) is 8.78 Å². The lowest BCUT2D eigenvalue weighted by Crippen LogP contribution is -2.53. The van der Waals surface area contributed by atoms with E-state index in [1.54, 1.807) is 6.92 Å². The van der Waals surface area contributed by atoms with Crippen molar-refractivity contribution >= 4 is 5.91 Å². The van der Waals surface area contributed by atoms with Crippen molar-refractivity contribution < 1.29 is 27.1 Å². The van der Waals surface area contributed by atoms with Crippen molar-refractivity contribution in [3.05, 3.63) is 0 Å². The third kappa shape index (κ3) is 2.58. The third-order valence-electron chi connectivity index (χ3n) is 2.09. The van der Waals surface area contributed by atoms with Crippen molar-refractivity contribution in [2.75, 3.05) is 19.7 Å². The Labute approximate surface area is 84.0 Å². The van der Waals surface area contributed by atoms with Gasteiger partial charge in [0.15, 0.2) is 0 Å². The Morgan fingerprint density at radius 3 is 2.60 bits per heavy atom. The van der Waals surface area contributed by atoms with E-state index in [0.29, 0.717) is 4.90 Å². The summed E-state index contributed by atoms with van der Waals surface area (Å²) in [6.07, 6.45) is -4.38. The number of halogens is 4. The van der Waals surface area contributed by atoms with Crippen molar-refractivity contribution in [3.63, 3.8) is 0 Å². The molecule has 0 saturated carbocycles. The third-order valence-corrected chi connectivity index (χ3v) is 2.09. The molecule has 0 radical (unpaired) electrons. The molecule has 1 aliphatic heterocycles. The van der Waals surface area contributed by atoms with Crippen LogP contribution in [-0.2, 0) is 9.53 Å². The maximum absolute atomic E-state index is 12.7. The van der Waals surface area contributed by atoms with E-state index in [1.165, 1.54) is 0 Å². The fraction of sp³-hybridized carbons (Fsp3) is 0.875. The molecular weight excluding hydrogens is 218 g/mol. The van der Waals surface area contributed by atoms with Crippen molar-refractivity contribution in [1.29, 1.82) is 0 Å². The molecule has 15 heavy (non-hydrogen) atoms. The molecule has 1 aliphatic rings. The average molecular weight is 229 g/mol. The monoisotopic (exact) mass is 229 g/mol. The molecule has 1 unspecified atom stereocenters. The normalized spacial score (nSPS) is 23.3. The van der Waals surface area contributed by atoms with Crippen LogP contribution in [0, 0.1) is 0 Å². The molecule has 0 aromatic rings. The Kier molecular flexibility index (Phi) is 3.54. The van der Waals surface area contributed by atoms with E-state index in [9.17, 15) is 22.4 Å². The Morgan fingerprint density at radius 2 is 2.13 bits per heavy atom. The lowest BCUT2D eigenvalue weighted by molar-refractivity contribution is -0.185. The first-order chi connectivity index (χ1) is 6.85. The summed E-state index contributed by atoms with van der Waals surface area (Å²) in [4.78, 5) is 11.8. The standard InChI is InChI=1S/C8H11F4NO2/c1-5-4-13(2-3-15-5)7(14)8(11,12)6(9)10/h5-6H,2-4H2,1H3. The van der Waals surface area contributed by atoms with E-state index >= 15 is 0 Å². The number of nitrogens with zero attached hydrogens (tertiary/aromatic N) is 1. The van der Waals surface area contributed by atoms with E-state index in [-0.39, 0.29) is 19.7 Å². The first-order valence-electron chi connectivity index (χ1n) is 4.42. The minimum atomic E-state index is -4.60. The maximum Gasteiger partial charge on any atom is 0.383 e. The molecule has 1 fully saturated rings. The van der Waals surface area contributed by atoms with Crippen LogP contribution in [0.3, 0.4) is 0 Å². The number of rotatable bonds is 2. The van der Waals surface area contributed by atoms with E-state index in [4.69, 9.17) is 4.74 Å². The molecule has 1 heterocycles. The van der Waals surface area contributed by atoms with Crippen molar-refractivity contribution in [2.24, 2.45) is 0 Å². The van der Waals surface area contributed by atoms with Crippen LogP contribution in [0.1, 0.15) is 6.92 Å². The van der Waals surface area contributed by atoms with E-state index in [0.717, 1.165) is 0 Å². The fourth-order valence-electron chi connectivity index (χ4n) is 1.31. The number of hydrogen-bond donors (Lipinski definition) is 0. The Hall–Kier alpha value is -0.850. The van der Waals surface area contributed by atoms with Crippen molar-refractivity contribution in [3.8, 4) is 0 Å². The van der Waals surface area contributed by atoms with Crippen LogP contribution in [0.2, 0.25) is 0 Å². The SMILES string of the molecule is CC1CN(C(=O)C(F)(F)C(F)F)CCO1. The summed E-state index contributed by atoms with van der Waals surface area (Å²) in [5, 5.41) is 0. The number of hydrogen-bond acceptors (Lipinski definition) is 2. The molecule has 7 heteroatoms. The zero-order valence-electron chi connectivity index (χ0n) is 8.05. The van der Waals surface area contributed by atoms with Crippen LogP contribution < -0.4 is 0 Å². The van der Waals surface area contributed by atoms with Gasteiger partial charge in [0.25, 0.3) is 5.91 Å². The topological polar surface area (TPSA) is 29.5 Å². The molecule has 0 aromatic carbocycles. The molecule has 88 valence electrons. The minimum Gasteiger partial charge on any atom is -0.375 e. The number of alkyl halides is 4. The van der Waals surface area contributed by atoms with Gasteiger partial charge in [0.05, 0.1) is 12.7 Å². The van der Waals surface area contributed by atoms with Crippen LogP contribution in [-0.4, -0.2) is 49.0 Å². The van der Waals surface area contributed by atoms with Gasteiger partial charge in [0.2, 0.25) is 0 Å². The fourth-order valence-corrected chi connectivity index (χ4v) is 1.31. The molecule has 1 amide bonds. The van der Waals surface area contributed by atoms with Gasteiger partial charge < -0.3 is 9.64 Å². The second kappa shape index (κ2) is 4.34. The summed E-state index contributed by atoms with van der Waals surface area (Å²) in [7, 11) is 0. The smallest absolute Gasteiger partial charge is 0.375 e. The molecule has 1 saturated heterocycles. The molecular formula is C8H11F4NO2. The summed E-state index contributed by atoms with van der Waals surface area (Å²) < 4.78 is 54.1. The summed E-state index contributed by atoms with van der Waals surface area (Å²) in [6.45, 7) is 1.51. The first kappa shape index (κ1) is 12.2. The predicted octanol–water partition coefficient (Wildman–Crippen LogP) is 1.13. The van der Waals surface area contributed by atoms with Gasteiger partial charge in [0.1, 0.15) is 0 Å². The van der Waals surface area contributed by atoms with Gasteiger partial charge in [-0.3, -0.25) is 4.79 Å². The largest absolute Gasteiger partial charge is 0.383 e. The maximum atomic E-state index is 12.7. The molecule has 0 bridgehead atoms. The quantitative estimate of drug-likeness (QED) is 0.664. The molecule has 0 N–H and O–H groups in total. The number of carbonyl (C=O) groups is 1. The van der Waals surface area contributed by atoms with Gasteiger partial charge in [0, 0.05) is 13.1 Å². The van der Waals surface area contributed by atoms with Crippen LogP contribution in [0.15, 0.2) is 0 Å². The lowest BCUT2D eigenvalue weighted by atomic mass is 10.2. The highest BCUT2D eigenvalue weighted by Gasteiger charge is 2.51. The summed E-state index contributed by atoms with van der Waals surface area (Å²) in [6, 6.07) is 0.